The topological polar surface area (TPSA) is 12.0 Å². The third-order valence-electron chi connectivity index (χ3n) is 1.99. The van der Waals surface area contributed by atoms with Crippen LogP contribution in [-0.4, -0.2) is 12.1 Å². The van der Waals surface area contributed by atoms with E-state index in [4.69, 9.17) is 0 Å². The van der Waals surface area contributed by atoms with Gasteiger partial charge in [-0.2, -0.15) is 0 Å². The maximum absolute atomic E-state index is 3.57. The van der Waals surface area contributed by atoms with Gasteiger partial charge in [-0.25, -0.2) is 0 Å². The quantitative estimate of drug-likeness (QED) is 0.664. The molecule has 0 unspecified atom stereocenters. The van der Waals surface area contributed by atoms with Gasteiger partial charge in [0.25, 0.3) is 0 Å². The van der Waals surface area contributed by atoms with Crippen LogP contribution in [-0.2, 0) is 0 Å². The third-order valence-corrected chi connectivity index (χ3v) is 1.99. The van der Waals surface area contributed by atoms with Crippen LogP contribution in [0, 0.1) is 5.41 Å². The lowest BCUT2D eigenvalue weighted by molar-refractivity contribution is 0.247. The molecular formula is C10H23N. The summed E-state index contributed by atoms with van der Waals surface area (Å²) in [6, 6.07) is 1.24. The van der Waals surface area contributed by atoms with Gasteiger partial charge < -0.3 is 5.32 Å². The Kier molecular flexibility index (Phi) is 4.09. The van der Waals surface area contributed by atoms with E-state index in [9.17, 15) is 0 Å². The fourth-order valence-electron chi connectivity index (χ4n) is 1.38. The summed E-state index contributed by atoms with van der Waals surface area (Å²) in [5.74, 6) is 0. The molecule has 0 bridgehead atoms. The second kappa shape index (κ2) is 4.10. The molecule has 0 rings (SSSR count). The summed E-state index contributed by atoms with van der Waals surface area (Å²) in [6.07, 6.45) is 1.21. The predicted octanol–water partition coefficient (Wildman–Crippen LogP) is 2.81. The Morgan fingerprint density at radius 3 is 1.73 bits per heavy atom. The highest BCUT2D eigenvalue weighted by atomic mass is 14.9. The molecule has 0 aliphatic carbocycles. The van der Waals surface area contributed by atoms with Crippen LogP contribution < -0.4 is 5.32 Å². The molecule has 0 spiro atoms. The smallest absolute Gasteiger partial charge is 0.0115 e. The lowest BCUT2D eigenvalue weighted by atomic mass is 9.85. The molecule has 0 aromatic rings. The van der Waals surface area contributed by atoms with Gasteiger partial charge in [-0.1, -0.05) is 41.5 Å². The Bertz CT molecular complexity index is 99.9. The van der Waals surface area contributed by atoms with E-state index in [0.29, 0.717) is 17.5 Å². The largest absolute Gasteiger partial charge is 0.311 e. The monoisotopic (exact) mass is 157 g/mol. The lowest BCUT2D eigenvalue weighted by Crippen LogP contribution is -2.43. The van der Waals surface area contributed by atoms with Gasteiger partial charge in [-0.3, -0.25) is 0 Å². The Morgan fingerprint density at radius 1 is 1.18 bits per heavy atom. The first-order chi connectivity index (χ1) is 4.88. The van der Waals surface area contributed by atoms with E-state index in [1.165, 1.54) is 6.42 Å². The summed E-state index contributed by atoms with van der Waals surface area (Å²) in [6.45, 7) is 13.5. The summed E-state index contributed by atoms with van der Waals surface area (Å²) in [4.78, 5) is 0. The average Bonchev–Trinajstić information content (AvgIpc) is 1.79. The molecule has 0 heterocycles. The van der Waals surface area contributed by atoms with Crippen molar-refractivity contribution in [1.29, 1.82) is 0 Å². The van der Waals surface area contributed by atoms with Gasteiger partial charge in [-0.05, 0) is 11.8 Å². The highest BCUT2D eigenvalue weighted by molar-refractivity contribution is 4.80. The van der Waals surface area contributed by atoms with Crippen LogP contribution in [0.25, 0.3) is 0 Å². The van der Waals surface area contributed by atoms with Crippen LogP contribution >= 0.6 is 0 Å². The SMILES string of the molecule is CC[C@H](NC(C)C)C(C)(C)C. The first-order valence-electron chi connectivity index (χ1n) is 4.64. The van der Waals surface area contributed by atoms with E-state index in [1.54, 1.807) is 0 Å². The molecule has 1 N–H and O–H groups in total. The number of hydrogen-bond acceptors (Lipinski definition) is 1. The maximum atomic E-state index is 3.57. The molecule has 68 valence electrons. The molecule has 0 amide bonds. The molecule has 1 heteroatoms. The number of rotatable bonds is 3. The normalized spacial score (nSPS) is 15.5. The highest BCUT2D eigenvalue weighted by Gasteiger charge is 2.22. The summed E-state index contributed by atoms with van der Waals surface area (Å²) in [7, 11) is 0. The van der Waals surface area contributed by atoms with Crippen molar-refractivity contribution in [3.8, 4) is 0 Å². The van der Waals surface area contributed by atoms with E-state index < -0.39 is 0 Å². The van der Waals surface area contributed by atoms with Crippen molar-refractivity contribution in [3.63, 3.8) is 0 Å². The third kappa shape index (κ3) is 4.41. The summed E-state index contributed by atoms with van der Waals surface area (Å²) in [5.41, 5.74) is 0.388. The predicted molar refractivity (Wildman–Crippen MR) is 51.8 cm³/mol. The Morgan fingerprint density at radius 2 is 1.64 bits per heavy atom. The van der Waals surface area contributed by atoms with Gasteiger partial charge in [-0.15, -0.1) is 0 Å². The maximum Gasteiger partial charge on any atom is 0.0115 e. The lowest BCUT2D eigenvalue weighted by Gasteiger charge is -2.32. The molecule has 0 fully saturated rings. The molecule has 0 saturated carbocycles. The minimum absolute atomic E-state index is 0.388. The van der Waals surface area contributed by atoms with E-state index >= 15 is 0 Å². The van der Waals surface area contributed by atoms with Crippen molar-refractivity contribution in [2.45, 2.75) is 60.0 Å². The van der Waals surface area contributed by atoms with Crippen molar-refractivity contribution >= 4 is 0 Å². The molecule has 0 aromatic heterocycles. The minimum atomic E-state index is 0.388. The van der Waals surface area contributed by atoms with Crippen molar-refractivity contribution < 1.29 is 0 Å². The van der Waals surface area contributed by atoms with Gasteiger partial charge >= 0.3 is 0 Å². The fraction of sp³-hybridized carbons (Fsp3) is 1.00. The molecule has 0 aliphatic rings. The Hall–Kier alpha value is -0.0400. The van der Waals surface area contributed by atoms with Crippen molar-refractivity contribution in [2.24, 2.45) is 5.41 Å². The second-order valence-electron chi connectivity index (χ2n) is 4.65. The van der Waals surface area contributed by atoms with Gasteiger partial charge in [0.1, 0.15) is 0 Å². The average molecular weight is 157 g/mol. The van der Waals surface area contributed by atoms with E-state index in [1.807, 2.05) is 0 Å². The summed E-state index contributed by atoms with van der Waals surface area (Å²) in [5, 5.41) is 3.57. The summed E-state index contributed by atoms with van der Waals surface area (Å²) >= 11 is 0. The van der Waals surface area contributed by atoms with Crippen LogP contribution in [0.3, 0.4) is 0 Å². The molecule has 0 saturated heterocycles. The standard InChI is InChI=1S/C10H23N/c1-7-9(10(4,5)6)11-8(2)3/h8-9,11H,7H2,1-6H3/t9-/m0/s1. The minimum Gasteiger partial charge on any atom is -0.311 e. The number of nitrogens with one attached hydrogen (secondary N) is 1. The van der Waals surface area contributed by atoms with Gasteiger partial charge in [0.05, 0.1) is 0 Å². The van der Waals surface area contributed by atoms with Gasteiger partial charge in [0.2, 0.25) is 0 Å². The second-order valence-corrected chi connectivity index (χ2v) is 4.65. The Labute approximate surface area is 71.6 Å². The van der Waals surface area contributed by atoms with E-state index in [0.717, 1.165) is 0 Å². The number of hydrogen-bond donors (Lipinski definition) is 1. The fourth-order valence-corrected chi connectivity index (χ4v) is 1.38. The molecule has 0 aliphatic heterocycles. The van der Waals surface area contributed by atoms with Crippen LogP contribution in [0.4, 0.5) is 0 Å². The van der Waals surface area contributed by atoms with Gasteiger partial charge in [0, 0.05) is 12.1 Å². The van der Waals surface area contributed by atoms with Crippen molar-refractivity contribution in [3.05, 3.63) is 0 Å². The molecule has 11 heavy (non-hydrogen) atoms. The van der Waals surface area contributed by atoms with E-state index in [2.05, 4.69) is 46.9 Å². The zero-order valence-electron chi connectivity index (χ0n) is 8.86. The molecule has 1 atom stereocenters. The van der Waals surface area contributed by atoms with Crippen LogP contribution in [0.5, 0.6) is 0 Å². The highest BCUT2D eigenvalue weighted by Crippen LogP contribution is 2.21. The summed E-state index contributed by atoms with van der Waals surface area (Å²) < 4.78 is 0. The van der Waals surface area contributed by atoms with Crippen molar-refractivity contribution in [2.75, 3.05) is 0 Å². The van der Waals surface area contributed by atoms with Crippen LogP contribution in [0.1, 0.15) is 48.0 Å². The molecule has 0 radical (unpaired) electrons. The zero-order chi connectivity index (χ0) is 9.07. The first-order valence-corrected chi connectivity index (χ1v) is 4.64. The molecule has 1 nitrogen and oxygen atoms in total. The van der Waals surface area contributed by atoms with Crippen LogP contribution in [0.2, 0.25) is 0 Å². The Balaban J connectivity index is 3.96. The van der Waals surface area contributed by atoms with Gasteiger partial charge in [0.15, 0.2) is 0 Å². The zero-order valence-corrected chi connectivity index (χ0v) is 8.86. The van der Waals surface area contributed by atoms with Crippen LogP contribution in [0.15, 0.2) is 0 Å². The molecule has 0 aromatic carbocycles. The molecular weight excluding hydrogens is 134 g/mol. The van der Waals surface area contributed by atoms with Crippen molar-refractivity contribution in [1.82, 2.24) is 5.32 Å². The first kappa shape index (κ1) is 11.0. The van der Waals surface area contributed by atoms with E-state index in [-0.39, 0.29) is 0 Å².